The Labute approximate surface area is 236 Å². The summed E-state index contributed by atoms with van der Waals surface area (Å²) >= 11 is 0. The van der Waals surface area contributed by atoms with E-state index >= 15 is 0 Å². The van der Waals surface area contributed by atoms with Crippen molar-refractivity contribution < 1.29 is 0 Å². The molecule has 3 heterocycles. The number of aromatic nitrogens is 4. The van der Waals surface area contributed by atoms with Crippen LogP contribution in [0.15, 0.2) is 72.4 Å². The van der Waals surface area contributed by atoms with Gasteiger partial charge in [0.05, 0.1) is 11.4 Å². The van der Waals surface area contributed by atoms with Crippen molar-refractivity contribution in [3.05, 3.63) is 89.6 Å². The molecule has 0 saturated carbocycles. The van der Waals surface area contributed by atoms with Crippen LogP contribution in [-0.2, 0) is 6.42 Å². The van der Waals surface area contributed by atoms with Crippen LogP contribution in [0, 0.1) is 6.92 Å². The average Bonchev–Trinajstić information content (AvgIpc) is 2.99. The van der Waals surface area contributed by atoms with E-state index in [0.29, 0.717) is 12.0 Å². The minimum absolute atomic E-state index is 0.520. The van der Waals surface area contributed by atoms with E-state index < -0.39 is 0 Å². The first kappa shape index (κ1) is 26.2. The Balaban J connectivity index is 1.21. The molecule has 8 heteroatoms. The van der Waals surface area contributed by atoms with Crippen molar-refractivity contribution >= 4 is 23.0 Å². The highest BCUT2D eigenvalue weighted by molar-refractivity contribution is 6.00. The summed E-state index contributed by atoms with van der Waals surface area (Å²) in [4.78, 5) is 27.4. The average molecular weight is 533 g/mol. The van der Waals surface area contributed by atoms with Gasteiger partial charge in [0.15, 0.2) is 0 Å². The lowest BCUT2D eigenvalue weighted by atomic mass is 9.85. The van der Waals surface area contributed by atoms with Crippen LogP contribution in [0.3, 0.4) is 0 Å². The van der Waals surface area contributed by atoms with Gasteiger partial charge in [-0.15, -0.1) is 0 Å². The standard InChI is InChI=1S/C32H36N8/c1-22-7-9-27(18-30(22)38-32-35-12-11-29(37-32)26-19-33-21-34-20-26)36-23(2)24-8-10-28-25(17-24)5-4-6-31(28)40-15-13-39(3)14-16-40/h7-12,17-21,31H,4-6,13-16H2,1-3H3,(H,35,37,38). The van der Waals surface area contributed by atoms with Crippen LogP contribution in [0.1, 0.15) is 48.1 Å². The predicted octanol–water partition coefficient (Wildman–Crippen LogP) is 5.75. The molecule has 1 unspecified atom stereocenters. The molecule has 8 nitrogen and oxygen atoms in total. The number of rotatable bonds is 6. The molecule has 6 rings (SSSR count). The summed E-state index contributed by atoms with van der Waals surface area (Å²) in [7, 11) is 2.22. The molecule has 1 atom stereocenters. The molecule has 204 valence electrons. The van der Waals surface area contributed by atoms with Crippen molar-refractivity contribution in [3.63, 3.8) is 0 Å². The summed E-state index contributed by atoms with van der Waals surface area (Å²) in [6, 6.07) is 15.6. The van der Waals surface area contributed by atoms with Crippen LogP contribution in [0.2, 0.25) is 0 Å². The topological polar surface area (TPSA) is 82.4 Å². The number of aliphatic imine (C=N–C) groups is 1. The van der Waals surface area contributed by atoms with Gasteiger partial charge in [-0.2, -0.15) is 0 Å². The fourth-order valence-electron chi connectivity index (χ4n) is 5.73. The van der Waals surface area contributed by atoms with E-state index in [4.69, 9.17) is 4.99 Å². The van der Waals surface area contributed by atoms with Crippen molar-refractivity contribution in [1.82, 2.24) is 29.7 Å². The zero-order valence-electron chi connectivity index (χ0n) is 23.5. The highest BCUT2D eigenvalue weighted by Gasteiger charge is 2.28. The lowest BCUT2D eigenvalue weighted by Crippen LogP contribution is -2.46. The van der Waals surface area contributed by atoms with Crippen LogP contribution in [0.4, 0.5) is 17.3 Å². The molecular formula is C32H36N8. The van der Waals surface area contributed by atoms with Gasteiger partial charge in [0.25, 0.3) is 0 Å². The van der Waals surface area contributed by atoms with E-state index in [2.05, 4.69) is 92.3 Å². The SMILES string of the molecule is CC(=Nc1ccc(C)c(Nc2nccc(-c3cncnc3)n2)c1)c1ccc2c(c1)CCCC2N1CCN(C)CC1. The third kappa shape index (κ3) is 5.78. The second-order valence-electron chi connectivity index (χ2n) is 10.9. The Bertz CT molecular complexity index is 1510. The second-order valence-corrected chi connectivity index (χ2v) is 10.9. The van der Waals surface area contributed by atoms with Gasteiger partial charge < -0.3 is 10.2 Å². The van der Waals surface area contributed by atoms with Gasteiger partial charge in [0.1, 0.15) is 6.33 Å². The van der Waals surface area contributed by atoms with E-state index in [-0.39, 0.29) is 0 Å². The Morgan fingerprint density at radius 2 is 1.82 bits per heavy atom. The van der Waals surface area contributed by atoms with Gasteiger partial charge in [-0.25, -0.2) is 19.9 Å². The van der Waals surface area contributed by atoms with E-state index in [1.807, 2.05) is 6.07 Å². The van der Waals surface area contributed by atoms with Gasteiger partial charge in [-0.1, -0.05) is 18.2 Å². The molecule has 0 amide bonds. The zero-order chi connectivity index (χ0) is 27.5. The minimum atomic E-state index is 0.520. The fraction of sp³-hybridized carbons (Fsp3) is 0.344. The molecule has 1 aliphatic heterocycles. The minimum Gasteiger partial charge on any atom is -0.324 e. The summed E-state index contributed by atoms with van der Waals surface area (Å²) in [5.74, 6) is 0.520. The van der Waals surface area contributed by atoms with Crippen molar-refractivity contribution in [2.45, 2.75) is 39.2 Å². The predicted molar refractivity (Wildman–Crippen MR) is 161 cm³/mol. The largest absolute Gasteiger partial charge is 0.324 e. The Kier molecular flexibility index (Phi) is 7.62. The van der Waals surface area contributed by atoms with Crippen molar-refractivity contribution in [2.75, 3.05) is 38.5 Å². The number of aryl methyl sites for hydroxylation is 2. The summed E-state index contributed by atoms with van der Waals surface area (Å²) in [5.41, 5.74) is 9.73. The molecule has 1 fully saturated rings. The van der Waals surface area contributed by atoms with Crippen molar-refractivity contribution in [2.24, 2.45) is 4.99 Å². The Morgan fingerprint density at radius 3 is 2.65 bits per heavy atom. The van der Waals surface area contributed by atoms with Crippen LogP contribution < -0.4 is 5.32 Å². The number of nitrogens with one attached hydrogen (secondary N) is 1. The van der Waals surface area contributed by atoms with E-state index in [0.717, 1.165) is 66.5 Å². The number of piperazine rings is 1. The fourth-order valence-corrected chi connectivity index (χ4v) is 5.73. The molecule has 40 heavy (non-hydrogen) atoms. The Hall–Kier alpha value is -4.01. The van der Waals surface area contributed by atoms with Gasteiger partial charge in [0.2, 0.25) is 5.95 Å². The maximum atomic E-state index is 5.01. The number of fused-ring (bicyclic) bond motifs is 1. The molecule has 1 N–H and O–H groups in total. The summed E-state index contributed by atoms with van der Waals surface area (Å²) < 4.78 is 0. The lowest BCUT2D eigenvalue weighted by Gasteiger charge is -2.40. The van der Waals surface area contributed by atoms with Gasteiger partial charge in [0, 0.05) is 67.8 Å². The molecule has 0 bridgehead atoms. The van der Waals surface area contributed by atoms with Crippen LogP contribution in [-0.4, -0.2) is 68.7 Å². The zero-order valence-corrected chi connectivity index (χ0v) is 23.5. The smallest absolute Gasteiger partial charge is 0.227 e. The maximum Gasteiger partial charge on any atom is 0.227 e. The third-order valence-electron chi connectivity index (χ3n) is 8.10. The van der Waals surface area contributed by atoms with Gasteiger partial charge in [-0.05, 0) is 86.7 Å². The van der Waals surface area contributed by atoms with Gasteiger partial charge >= 0.3 is 0 Å². The molecule has 2 aromatic carbocycles. The number of benzene rings is 2. The van der Waals surface area contributed by atoms with Crippen molar-refractivity contribution in [1.29, 1.82) is 0 Å². The van der Waals surface area contributed by atoms with Crippen LogP contribution >= 0.6 is 0 Å². The first-order valence-electron chi connectivity index (χ1n) is 14.1. The quantitative estimate of drug-likeness (QED) is 0.317. The molecule has 1 aliphatic carbocycles. The van der Waals surface area contributed by atoms with E-state index in [1.165, 1.54) is 35.9 Å². The maximum absolute atomic E-state index is 5.01. The molecular weight excluding hydrogens is 496 g/mol. The van der Waals surface area contributed by atoms with E-state index in [1.54, 1.807) is 18.6 Å². The number of nitrogens with zero attached hydrogens (tertiary/aromatic N) is 7. The normalized spacial score (nSPS) is 18.4. The van der Waals surface area contributed by atoms with E-state index in [9.17, 15) is 0 Å². The lowest BCUT2D eigenvalue weighted by molar-refractivity contribution is 0.102. The first-order valence-corrected chi connectivity index (χ1v) is 14.1. The Morgan fingerprint density at radius 1 is 1.00 bits per heavy atom. The highest BCUT2D eigenvalue weighted by Crippen LogP contribution is 2.35. The molecule has 0 radical (unpaired) electrons. The second kappa shape index (κ2) is 11.6. The molecule has 1 saturated heterocycles. The summed E-state index contributed by atoms with van der Waals surface area (Å²) in [5, 5.41) is 3.38. The summed E-state index contributed by atoms with van der Waals surface area (Å²) in [6.07, 6.45) is 10.4. The van der Waals surface area contributed by atoms with Crippen LogP contribution in [0.25, 0.3) is 11.3 Å². The number of anilines is 2. The van der Waals surface area contributed by atoms with Crippen molar-refractivity contribution in [3.8, 4) is 11.3 Å². The monoisotopic (exact) mass is 532 g/mol. The number of hydrogen-bond acceptors (Lipinski definition) is 8. The molecule has 2 aromatic heterocycles. The molecule has 4 aromatic rings. The van der Waals surface area contributed by atoms with Gasteiger partial charge in [-0.3, -0.25) is 9.89 Å². The first-order chi connectivity index (χ1) is 19.5. The third-order valence-corrected chi connectivity index (χ3v) is 8.10. The van der Waals surface area contributed by atoms with Crippen LogP contribution in [0.5, 0.6) is 0 Å². The number of hydrogen-bond donors (Lipinski definition) is 1. The highest BCUT2D eigenvalue weighted by atomic mass is 15.3. The molecule has 0 spiro atoms. The summed E-state index contributed by atoms with van der Waals surface area (Å²) in [6.45, 7) is 8.79. The molecule has 2 aliphatic rings. The number of likely N-dealkylation sites (N-methyl/N-ethyl adjacent to an activating group) is 1.